The van der Waals surface area contributed by atoms with Gasteiger partial charge in [-0.2, -0.15) is 12.6 Å². The Bertz CT molecular complexity index is 410. The zero-order valence-corrected chi connectivity index (χ0v) is 11.0. The first-order valence-electron chi connectivity index (χ1n) is 6.35. The first-order chi connectivity index (χ1) is 8.40. The smallest absolute Gasteiger partial charge is 0.0378 e. The number of hydrogen-bond donors (Lipinski definition) is 1. The van der Waals surface area contributed by atoms with Gasteiger partial charge in [-0.25, -0.2) is 0 Å². The third-order valence-corrected chi connectivity index (χ3v) is 3.26. The number of nitrogens with zero attached hydrogens (tertiary/aromatic N) is 1. The zero-order valence-electron chi connectivity index (χ0n) is 10.2. The molecule has 0 aliphatic carbocycles. The molecule has 1 saturated heterocycles. The van der Waals surface area contributed by atoms with Crippen LogP contribution in [0.25, 0.3) is 0 Å². The van der Waals surface area contributed by atoms with Gasteiger partial charge in [0.05, 0.1) is 0 Å². The number of piperidine rings is 1. The maximum absolute atomic E-state index is 4.16. The third kappa shape index (κ3) is 3.71. The fourth-order valence-corrected chi connectivity index (χ4v) is 2.26. The molecule has 1 aromatic rings. The molecule has 2 heteroatoms. The van der Waals surface area contributed by atoms with Crippen LogP contribution in [0.4, 0.5) is 5.69 Å². The van der Waals surface area contributed by atoms with E-state index >= 15 is 0 Å². The summed E-state index contributed by atoms with van der Waals surface area (Å²) in [6, 6.07) is 8.58. The lowest BCUT2D eigenvalue weighted by Gasteiger charge is -2.28. The second-order valence-corrected chi connectivity index (χ2v) is 4.82. The van der Waals surface area contributed by atoms with Crippen LogP contribution in [0, 0.1) is 11.8 Å². The molecule has 1 nitrogen and oxygen atoms in total. The van der Waals surface area contributed by atoms with Crippen LogP contribution in [0.1, 0.15) is 31.2 Å². The van der Waals surface area contributed by atoms with Crippen molar-refractivity contribution in [3.63, 3.8) is 0 Å². The molecule has 0 atom stereocenters. The van der Waals surface area contributed by atoms with Crippen molar-refractivity contribution >= 4 is 18.3 Å². The summed E-state index contributed by atoms with van der Waals surface area (Å²) in [6.45, 7) is 2.38. The van der Waals surface area contributed by atoms with E-state index in [1.807, 2.05) is 0 Å². The minimum atomic E-state index is 0.832. The maximum Gasteiger partial charge on any atom is 0.0378 e. The second-order valence-electron chi connectivity index (χ2n) is 4.37. The Kier molecular flexibility index (Phi) is 4.82. The lowest BCUT2D eigenvalue weighted by molar-refractivity contribution is 0.578. The van der Waals surface area contributed by atoms with Gasteiger partial charge in [-0.3, -0.25) is 0 Å². The molecule has 90 valence electrons. The van der Waals surface area contributed by atoms with E-state index in [9.17, 15) is 0 Å². The first kappa shape index (κ1) is 12.4. The van der Waals surface area contributed by atoms with Crippen LogP contribution in [0.15, 0.2) is 24.3 Å². The van der Waals surface area contributed by atoms with Crippen molar-refractivity contribution in [1.82, 2.24) is 0 Å². The number of benzene rings is 1. The molecule has 0 N–H and O–H groups in total. The van der Waals surface area contributed by atoms with Gasteiger partial charge < -0.3 is 4.90 Å². The summed E-state index contributed by atoms with van der Waals surface area (Å²) < 4.78 is 0. The molecule has 0 bridgehead atoms. The van der Waals surface area contributed by atoms with Gasteiger partial charge in [0.2, 0.25) is 0 Å². The van der Waals surface area contributed by atoms with Gasteiger partial charge in [0, 0.05) is 36.5 Å². The van der Waals surface area contributed by atoms with Crippen LogP contribution in [0.3, 0.4) is 0 Å². The average Bonchev–Trinajstić information content (AvgIpc) is 2.41. The van der Waals surface area contributed by atoms with E-state index in [1.54, 1.807) is 0 Å². The normalized spacial score (nSPS) is 15.2. The Morgan fingerprint density at radius 3 is 2.76 bits per heavy atom. The van der Waals surface area contributed by atoms with Gasteiger partial charge in [0.25, 0.3) is 0 Å². The Hall–Kier alpha value is -1.07. The van der Waals surface area contributed by atoms with E-state index in [1.165, 1.54) is 38.0 Å². The van der Waals surface area contributed by atoms with Crippen LogP contribution in [0.2, 0.25) is 0 Å². The molecule has 0 saturated carbocycles. The van der Waals surface area contributed by atoms with Crippen molar-refractivity contribution in [2.24, 2.45) is 0 Å². The fraction of sp³-hybridized carbons (Fsp3) is 0.467. The van der Waals surface area contributed by atoms with Crippen LogP contribution in [0.5, 0.6) is 0 Å². The lowest BCUT2D eigenvalue weighted by atomic mass is 10.1. The van der Waals surface area contributed by atoms with Gasteiger partial charge in [-0.05, 0) is 37.5 Å². The lowest BCUT2D eigenvalue weighted by Crippen LogP contribution is -2.29. The van der Waals surface area contributed by atoms with E-state index in [-0.39, 0.29) is 0 Å². The summed E-state index contributed by atoms with van der Waals surface area (Å²) in [7, 11) is 0. The highest BCUT2D eigenvalue weighted by molar-refractivity contribution is 7.80. The van der Waals surface area contributed by atoms with Crippen molar-refractivity contribution in [2.45, 2.75) is 25.7 Å². The maximum atomic E-state index is 4.16. The van der Waals surface area contributed by atoms with Crippen LogP contribution < -0.4 is 4.90 Å². The van der Waals surface area contributed by atoms with Crippen molar-refractivity contribution in [3.05, 3.63) is 29.8 Å². The fourth-order valence-electron chi connectivity index (χ4n) is 2.15. The molecule has 0 unspecified atom stereocenters. The van der Waals surface area contributed by atoms with E-state index in [0.29, 0.717) is 0 Å². The van der Waals surface area contributed by atoms with Crippen LogP contribution in [-0.2, 0) is 0 Å². The minimum Gasteiger partial charge on any atom is -0.372 e. The summed E-state index contributed by atoms with van der Waals surface area (Å²) in [5, 5.41) is 0. The van der Waals surface area contributed by atoms with Gasteiger partial charge in [-0.1, -0.05) is 17.9 Å². The topological polar surface area (TPSA) is 3.24 Å². The van der Waals surface area contributed by atoms with Gasteiger partial charge in [0.1, 0.15) is 0 Å². The predicted molar refractivity (Wildman–Crippen MR) is 77.9 cm³/mol. The minimum absolute atomic E-state index is 0.832. The van der Waals surface area contributed by atoms with Gasteiger partial charge in [0.15, 0.2) is 0 Å². The van der Waals surface area contributed by atoms with Crippen LogP contribution in [-0.4, -0.2) is 18.8 Å². The van der Waals surface area contributed by atoms with E-state index in [4.69, 9.17) is 0 Å². The Labute approximate surface area is 110 Å². The Balaban J connectivity index is 2.08. The van der Waals surface area contributed by atoms with Crippen molar-refractivity contribution < 1.29 is 0 Å². The largest absolute Gasteiger partial charge is 0.372 e. The molecule has 17 heavy (non-hydrogen) atoms. The first-order valence-corrected chi connectivity index (χ1v) is 6.98. The van der Waals surface area contributed by atoms with Crippen molar-refractivity contribution in [2.75, 3.05) is 23.7 Å². The highest BCUT2D eigenvalue weighted by Crippen LogP contribution is 2.20. The summed E-state index contributed by atoms with van der Waals surface area (Å²) >= 11 is 4.16. The van der Waals surface area contributed by atoms with Crippen molar-refractivity contribution in [1.29, 1.82) is 0 Å². The van der Waals surface area contributed by atoms with E-state index < -0.39 is 0 Å². The summed E-state index contributed by atoms with van der Waals surface area (Å²) in [6.07, 6.45) is 4.86. The monoisotopic (exact) mass is 245 g/mol. The SMILES string of the molecule is SCCC#Cc1cccc(N2CCCCC2)c1. The molecule has 0 radical (unpaired) electrons. The predicted octanol–water partition coefficient (Wildman–Crippen LogP) is 3.35. The van der Waals surface area contributed by atoms with E-state index in [2.05, 4.69) is 53.6 Å². The molecule has 0 amide bonds. The summed E-state index contributed by atoms with van der Waals surface area (Å²) in [5.74, 6) is 7.17. The number of hydrogen-bond acceptors (Lipinski definition) is 2. The average molecular weight is 245 g/mol. The molecule has 1 aliphatic heterocycles. The van der Waals surface area contributed by atoms with Crippen molar-refractivity contribution in [3.8, 4) is 11.8 Å². The molecule has 1 heterocycles. The van der Waals surface area contributed by atoms with E-state index in [0.717, 1.165) is 17.7 Å². The highest BCUT2D eigenvalue weighted by atomic mass is 32.1. The standard InChI is InChI=1S/C15H19NS/c17-12-5-2-7-14-8-6-9-15(13-14)16-10-3-1-4-11-16/h6,8-9,13,17H,1,3-5,10-12H2. The molecule has 2 rings (SSSR count). The zero-order chi connectivity index (χ0) is 11.9. The summed E-state index contributed by atoms with van der Waals surface area (Å²) in [4.78, 5) is 2.47. The third-order valence-electron chi connectivity index (χ3n) is 3.04. The molecule has 0 spiro atoms. The second kappa shape index (κ2) is 6.61. The Morgan fingerprint density at radius 2 is 2.00 bits per heavy atom. The molecular formula is C15H19NS. The van der Waals surface area contributed by atoms with Gasteiger partial charge >= 0.3 is 0 Å². The summed E-state index contributed by atoms with van der Waals surface area (Å²) in [5.41, 5.74) is 2.44. The molecule has 1 aromatic carbocycles. The molecule has 1 fully saturated rings. The highest BCUT2D eigenvalue weighted by Gasteiger charge is 2.10. The molecule has 1 aliphatic rings. The van der Waals surface area contributed by atoms with Gasteiger partial charge in [-0.15, -0.1) is 0 Å². The molecular weight excluding hydrogens is 226 g/mol. The number of thiol groups is 1. The van der Waals surface area contributed by atoms with Crippen LogP contribution >= 0.6 is 12.6 Å². The number of anilines is 1. The number of rotatable bonds is 2. The quantitative estimate of drug-likeness (QED) is 0.618. The molecule has 0 aromatic heterocycles. The Morgan fingerprint density at radius 1 is 1.18 bits per heavy atom.